The average molecular weight is 212 g/mol. The van der Waals surface area contributed by atoms with E-state index in [0.29, 0.717) is 11.5 Å². The van der Waals surface area contributed by atoms with Crippen molar-refractivity contribution in [2.75, 3.05) is 26.2 Å². The first-order chi connectivity index (χ1) is 6.97. The maximum Gasteiger partial charge on any atom is 0.00509 e. The highest BCUT2D eigenvalue weighted by Crippen LogP contribution is 2.19. The molecule has 1 N–H and O–H groups in total. The van der Waals surface area contributed by atoms with Gasteiger partial charge in [-0.15, -0.1) is 0 Å². The molecule has 90 valence electrons. The van der Waals surface area contributed by atoms with Crippen LogP contribution in [0.4, 0.5) is 0 Å². The van der Waals surface area contributed by atoms with Gasteiger partial charge in [0, 0.05) is 6.04 Å². The highest BCUT2D eigenvalue weighted by atomic mass is 15.1. The Morgan fingerprint density at radius 1 is 1.27 bits per heavy atom. The van der Waals surface area contributed by atoms with Crippen molar-refractivity contribution in [2.45, 2.75) is 53.0 Å². The molecule has 2 heteroatoms. The van der Waals surface area contributed by atoms with E-state index >= 15 is 0 Å². The third-order valence-electron chi connectivity index (χ3n) is 3.20. The molecule has 0 amide bonds. The van der Waals surface area contributed by atoms with Crippen LogP contribution in [0.2, 0.25) is 0 Å². The van der Waals surface area contributed by atoms with Crippen LogP contribution in [0.25, 0.3) is 0 Å². The fraction of sp³-hybridized carbons (Fsp3) is 1.00. The summed E-state index contributed by atoms with van der Waals surface area (Å²) in [5, 5.41) is 3.55. The van der Waals surface area contributed by atoms with Crippen LogP contribution in [0.5, 0.6) is 0 Å². The SMILES string of the molecule is CC1CCN(CCC(C)(C)C)CCCN1. The third-order valence-corrected chi connectivity index (χ3v) is 3.20. The first kappa shape index (κ1) is 13.0. The summed E-state index contributed by atoms with van der Waals surface area (Å²) in [7, 11) is 0. The molecule has 0 aromatic carbocycles. The summed E-state index contributed by atoms with van der Waals surface area (Å²) in [5.41, 5.74) is 0.478. The number of nitrogens with zero attached hydrogens (tertiary/aromatic N) is 1. The molecule has 0 aromatic heterocycles. The maximum atomic E-state index is 3.55. The molecule has 15 heavy (non-hydrogen) atoms. The molecule has 1 atom stereocenters. The highest BCUT2D eigenvalue weighted by molar-refractivity contribution is 4.72. The van der Waals surface area contributed by atoms with Crippen molar-refractivity contribution in [3.05, 3.63) is 0 Å². The topological polar surface area (TPSA) is 15.3 Å². The van der Waals surface area contributed by atoms with E-state index in [4.69, 9.17) is 0 Å². The van der Waals surface area contributed by atoms with Crippen molar-refractivity contribution >= 4 is 0 Å². The molecule has 0 bridgehead atoms. The minimum Gasteiger partial charge on any atom is -0.314 e. The van der Waals surface area contributed by atoms with Crippen LogP contribution >= 0.6 is 0 Å². The predicted octanol–water partition coefficient (Wildman–Crippen LogP) is 2.50. The Morgan fingerprint density at radius 2 is 2.00 bits per heavy atom. The Kier molecular flexibility index (Phi) is 5.07. The van der Waals surface area contributed by atoms with Crippen LogP contribution in [0.15, 0.2) is 0 Å². The molecule has 2 nitrogen and oxygen atoms in total. The molecule has 0 radical (unpaired) electrons. The number of hydrogen-bond donors (Lipinski definition) is 1. The van der Waals surface area contributed by atoms with Crippen molar-refractivity contribution in [3.63, 3.8) is 0 Å². The van der Waals surface area contributed by atoms with Gasteiger partial charge >= 0.3 is 0 Å². The molecule has 0 spiro atoms. The molecule has 1 unspecified atom stereocenters. The lowest BCUT2D eigenvalue weighted by Crippen LogP contribution is -2.39. The first-order valence-electron chi connectivity index (χ1n) is 6.43. The Morgan fingerprint density at radius 3 is 2.67 bits per heavy atom. The molecule has 0 aromatic rings. The lowest BCUT2D eigenvalue weighted by atomic mass is 9.92. The van der Waals surface area contributed by atoms with E-state index in [-0.39, 0.29) is 0 Å². The van der Waals surface area contributed by atoms with Crippen LogP contribution in [-0.4, -0.2) is 37.1 Å². The lowest BCUT2D eigenvalue weighted by molar-refractivity contribution is 0.204. The van der Waals surface area contributed by atoms with Crippen molar-refractivity contribution < 1.29 is 0 Å². The zero-order valence-electron chi connectivity index (χ0n) is 11.0. The standard InChI is InChI=1S/C13H28N2/c1-12-6-10-15(9-5-8-14-12)11-7-13(2,3)4/h12,14H,5-11H2,1-4H3. The zero-order valence-corrected chi connectivity index (χ0v) is 11.0. The Balaban J connectivity index is 2.27. The second kappa shape index (κ2) is 5.86. The average Bonchev–Trinajstić information content (AvgIpc) is 2.09. The summed E-state index contributed by atoms with van der Waals surface area (Å²) in [5.74, 6) is 0. The molecule has 0 saturated carbocycles. The zero-order chi connectivity index (χ0) is 11.3. The molecule has 1 saturated heterocycles. The summed E-state index contributed by atoms with van der Waals surface area (Å²) in [4.78, 5) is 2.64. The van der Waals surface area contributed by atoms with Gasteiger partial charge in [-0.25, -0.2) is 0 Å². The molecular formula is C13H28N2. The van der Waals surface area contributed by atoms with E-state index in [1.54, 1.807) is 0 Å². The summed E-state index contributed by atoms with van der Waals surface area (Å²) in [6.07, 6.45) is 3.91. The third kappa shape index (κ3) is 6.16. The molecule has 1 rings (SSSR count). The summed E-state index contributed by atoms with van der Waals surface area (Å²) >= 11 is 0. The fourth-order valence-electron chi connectivity index (χ4n) is 1.96. The summed E-state index contributed by atoms with van der Waals surface area (Å²) in [6, 6.07) is 0.697. The van der Waals surface area contributed by atoms with Crippen molar-refractivity contribution in [2.24, 2.45) is 5.41 Å². The van der Waals surface area contributed by atoms with Crippen molar-refractivity contribution in [1.29, 1.82) is 0 Å². The summed E-state index contributed by atoms with van der Waals surface area (Å²) in [6.45, 7) is 14.3. The van der Waals surface area contributed by atoms with Crippen molar-refractivity contribution in [1.82, 2.24) is 10.2 Å². The normalized spacial score (nSPS) is 26.0. The van der Waals surface area contributed by atoms with E-state index < -0.39 is 0 Å². The van der Waals surface area contributed by atoms with Crippen LogP contribution in [-0.2, 0) is 0 Å². The Hall–Kier alpha value is -0.0800. The van der Waals surface area contributed by atoms with E-state index in [2.05, 4.69) is 37.9 Å². The second-order valence-electron chi connectivity index (χ2n) is 6.15. The monoisotopic (exact) mass is 212 g/mol. The maximum absolute atomic E-state index is 3.55. The predicted molar refractivity (Wildman–Crippen MR) is 67.2 cm³/mol. The van der Waals surface area contributed by atoms with Gasteiger partial charge in [0.1, 0.15) is 0 Å². The van der Waals surface area contributed by atoms with E-state index in [1.165, 1.54) is 45.4 Å². The fourth-order valence-corrected chi connectivity index (χ4v) is 1.96. The van der Waals surface area contributed by atoms with Crippen molar-refractivity contribution in [3.8, 4) is 0 Å². The molecule has 1 heterocycles. The van der Waals surface area contributed by atoms with E-state index in [9.17, 15) is 0 Å². The van der Waals surface area contributed by atoms with Gasteiger partial charge in [0.15, 0.2) is 0 Å². The van der Waals surface area contributed by atoms with Crippen LogP contribution in [0, 0.1) is 5.41 Å². The van der Waals surface area contributed by atoms with Crippen LogP contribution in [0.1, 0.15) is 47.0 Å². The Labute approximate surface area is 95.4 Å². The summed E-state index contributed by atoms with van der Waals surface area (Å²) < 4.78 is 0. The molecule has 1 aliphatic rings. The van der Waals surface area contributed by atoms with Gasteiger partial charge in [-0.05, 0) is 57.8 Å². The molecule has 0 aliphatic carbocycles. The number of hydrogen-bond acceptors (Lipinski definition) is 2. The van der Waals surface area contributed by atoms with Gasteiger partial charge in [-0.1, -0.05) is 20.8 Å². The number of rotatable bonds is 2. The van der Waals surface area contributed by atoms with Gasteiger partial charge < -0.3 is 10.2 Å². The van der Waals surface area contributed by atoms with Gasteiger partial charge in [-0.3, -0.25) is 0 Å². The minimum atomic E-state index is 0.478. The van der Waals surface area contributed by atoms with E-state index in [0.717, 1.165) is 0 Å². The van der Waals surface area contributed by atoms with Gasteiger partial charge in [-0.2, -0.15) is 0 Å². The van der Waals surface area contributed by atoms with Gasteiger partial charge in [0.2, 0.25) is 0 Å². The smallest absolute Gasteiger partial charge is 0.00509 e. The van der Waals surface area contributed by atoms with Crippen LogP contribution in [0.3, 0.4) is 0 Å². The Bertz CT molecular complexity index is 172. The quantitative estimate of drug-likeness (QED) is 0.756. The lowest BCUT2D eigenvalue weighted by Gasteiger charge is -2.30. The van der Waals surface area contributed by atoms with Gasteiger partial charge in [0.25, 0.3) is 0 Å². The van der Waals surface area contributed by atoms with Crippen LogP contribution < -0.4 is 5.32 Å². The van der Waals surface area contributed by atoms with E-state index in [1.807, 2.05) is 0 Å². The van der Waals surface area contributed by atoms with Gasteiger partial charge in [0.05, 0.1) is 0 Å². The largest absolute Gasteiger partial charge is 0.314 e. The first-order valence-corrected chi connectivity index (χ1v) is 6.43. The molecule has 1 aliphatic heterocycles. The second-order valence-corrected chi connectivity index (χ2v) is 6.15. The molecule has 1 fully saturated rings. The highest BCUT2D eigenvalue weighted by Gasteiger charge is 2.15. The number of nitrogens with one attached hydrogen (secondary N) is 1. The minimum absolute atomic E-state index is 0.478. The molecular weight excluding hydrogens is 184 g/mol.